The highest BCUT2D eigenvalue weighted by Crippen LogP contribution is 2.41. The SMILES string of the molecule is C=C(C)N1c2ccccc2CCc2cc3c4ccccc4n(C)c3cc21. The Hall–Kier alpha value is -3.00. The van der Waals surface area contributed by atoms with Crippen molar-refractivity contribution in [1.29, 1.82) is 0 Å². The topological polar surface area (TPSA) is 8.17 Å². The minimum atomic E-state index is 1.05. The van der Waals surface area contributed by atoms with Crippen molar-refractivity contribution < 1.29 is 0 Å². The van der Waals surface area contributed by atoms with Crippen molar-refractivity contribution in [2.45, 2.75) is 19.8 Å². The average Bonchev–Trinajstić information content (AvgIpc) is 2.83. The zero-order valence-electron chi connectivity index (χ0n) is 15.3. The normalized spacial score (nSPS) is 13.5. The fourth-order valence-corrected chi connectivity index (χ4v) is 4.40. The Morgan fingerprint density at radius 2 is 1.54 bits per heavy atom. The number of anilines is 2. The molecular formula is C24H22N2. The second-order valence-electron chi connectivity index (χ2n) is 7.27. The van der Waals surface area contributed by atoms with Gasteiger partial charge in [-0.3, -0.25) is 0 Å². The van der Waals surface area contributed by atoms with Gasteiger partial charge in [-0.2, -0.15) is 0 Å². The second kappa shape index (κ2) is 5.50. The van der Waals surface area contributed by atoms with Crippen LogP contribution in [0.1, 0.15) is 18.1 Å². The molecule has 1 aliphatic heterocycles. The van der Waals surface area contributed by atoms with Crippen LogP contribution < -0.4 is 4.90 Å². The summed E-state index contributed by atoms with van der Waals surface area (Å²) in [4.78, 5) is 2.33. The smallest absolute Gasteiger partial charge is 0.0511 e. The largest absolute Gasteiger partial charge is 0.344 e. The Bertz CT molecular complexity index is 1180. The summed E-state index contributed by atoms with van der Waals surface area (Å²) in [7, 11) is 2.16. The summed E-state index contributed by atoms with van der Waals surface area (Å²) in [6, 6.07) is 22.1. The molecule has 1 aromatic heterocycles. The Morgan fingerprint density at radius 3 is 2.38 bits per heavy atom. The number of para-hydroxylation sites is 2. The van der Waals surface area contributed by atoms with Gasteiger partial charge in [-0.1, -0.05) is 43.0 Å². The lowest BCUT2D eigenvalue weighted by Gasteiger charge is -2.27. The van der Waals surface area contributed by atoms with E-state index in [4.69, 9.17) is 0 Å². The number of rotatable bonds is 1. The lowest BCUT2D eigenvalue weighted by molar-refractivity contribution is 0.977. The van der Waals surface area contributed by atoms with E-state index < -0.39 is 0 Å². The van der Waals surface area contributed by atoms with Gasteiger partial charge in [0.15, 0.2) is 0 Å². The van der Waals surface area contributed by atoms with Gasteiger partial charge in [0.05, 0.1) is 11.2 Å². The van der Waals surface area contributed by atoms with Crippen LogP contribution in [0.4, 0.5) is 11.4 Å². The molecule has 0 atom stereocenters. The van der Waals surface area contributed by atoms with Crippen LogP contribution >= 0.6 is 0 Å². The minimum Gasteiger partial charge on any atom is -0.344 e. The maximum Gasteiger partial charge on any atom is 0.0511 e. The first-order chi connectivity index (χ1) is 12.6. The molecule has 0 N–H and O–H groups in total. The molecule has 4 aromatic rings. The van der Waals surface area contributed by atoms with E-state index in [9.17, 15) is 0 Å². The van der Waals surface area contributed by atoms with Gasteiger partial charge in [0.2, 0.25) is 0 Å². The summed E-state index contributed by atoms with van der Waals surface area (Å²) in [5.74, 6) is 0. The van der Waals surface area contributed by atoms with Crippen molar-refractivity contribution in [3.05, 3.63) is 84.1 Å². The van der Waals surface area contributed by atoms with Crippen molar-refractivity contribution in [2.24, 2.45) is 7.05 Å². The number of nitrogens with zero attached hydrogens (tertiary/aromatic N) is 2. The van der Waals surface area contributed by atoms with Crippen molar-refractivity contribution in [3.8, 4) is 0 Å². The summed E-state index contributed by atoms with van der Waals surface area (Å²) in [6.07, 6.45) is 2.11. The second-order valence-corrected chi connectivity index (χ2v) is 7.27. The molecule has 0 radical (unpaired) electrons. The maximum absolute atomic E-state index is 4.28. The van der Waals surface area contributed by atoms with E-state index in [0.717, 1.165) is 18.5 Å². The number of fused-ring (bicyclic) bond motifs is 5. The van der Waals surface area contributed by atoms with Gasteiger partial charge in [0.25, 0.3) is 0 Å². The Kier molecular flexibility index (Phi) is 3.23. The number of aryl methyl sites for hydroxylation is 3. The molecule has 0 unspecified atom stereocenters. The Morgan fingerprint density at radius 1 is 0.808 bits per heavy atom. The monoisotopic (exact) mass is 338 g/mol. The zero-order valence-corrected chi connectivity index (χ0v) is 15.3. The molecule has 2 heteroatoms. The van der Waals surface area contributed by atoms with Gasteiger partial charge in [-0.05, 0) is 55.2 Å². The van der Waals surface area contributed by atoms with E-state index in [1.165, 1.54) is 44.3 Å². The highest BCUT2D eigenvalue weighted by Gasteiger charge is 2.23. The van der Waals surface area contributed by atoms with Crippen LogP contribution in [0.2, 0.25) is 0 Å². The van der Waals surface area contributed by atoms with Crippen LogP contribution in [0.15, 0.2) is 72.9 Å². The van der Waals surface area contributed by atoms with Crippen LogP contribution in [0, 0.1) is 0 Å². The first kappa shape index (κ1) is 15.3. The molecule has 0 spiro atoms. The third kappa shape index (κ3) is 2.05. The third-order valence-electron chi connectivity index (χ3n) is 5.63. The lowest BCUT2D eigenvalue weighted by Crippen LogP contribution is -2.15. The Labute approximate surface area is 154 Å². The van der Waals surface area contributed by atoms with Gasteiger partial charge in [0, 0.05) is 34.7 Å². The van der Waals surface area contributed by atoms with Crippen LogP contribution in [-0.4, -0.2) is 4.57 Å². The molecule has 0 saturated heterocycles. The number of hydrogen-bond acceptors (Lipinski definition) is 1. The van der Waals surface area contributed by atoms with E-state index in [-0.39, 0.29) is 0 Å². The number of benzene rings is 3. The molecule has 0 amide bonds. The summed E-state index contributed by atoms with van der Waals surface area (Å²) in [5.41, 5.74) is 8.92. The van der Waals surface area contributed by atoms with E-state index in [0.29, 0.717) is 0 Å². The molecule has 0 aliphatic carbocycles. The van der Waals surface area contributed by atoms with E-state index in [1.807, 2.05) is 0 Å². The van der Waals surface area contributed by atoms with Crippen LogP contribution in [0.3, 0.4) is 0 Å². The molecule has 26 heavy (non-hydrogen) atoms. The number of allylic oxidation sites excluding steroid dienone is 1. The van der Waals surface area contributed by atoms with E-state index in [1.54, 1.807) is 0 Å². The van der Waals surface area contributed by atoms with Crippen molar-refractivity contribution >= 4 is 33.2 Å². The summed E-state index contributed by atoms with van der Waals surface area (Å²) in [5, 5.41) is 2.67. The summed E-state index contributed by atoms with van der Waals surface area (Å²) in [6.45, 7) is 6.38. The van der Waals surface area contributed by atoms with Crippen molar-refractivity contribution in [2.75, 3.05) is 4.90 Å². The maximum atomic E-state index is 4.28. The summed E-state index contributed by atoms with van der Waals surface area (Å²) >= 11 is 0. The fraction of sp³-hybridized carbons (Fsp3) is 0.167. The number of hydrogen-bond donors (Lipinski definition) is 0. The van der Waals surface area contributed by atoms with Crippen molar-refractivity contribution in [1.82, 2.24) is 4.57 Å². The standard InChI is InChI=1S/C24H22N2/c1-16(2)26-21-10-6-4-8-17(21)12-13-18-14-20-19-9-5-7-11-22(19)25(3)24(20)15-23(18)26/h4-11,14-15H,1,12-13H2,2-3H3. The molecule has 0 saturated carbocycles. The molecule has 5 rings (SSSR count). The quantitative estimate of drug-likeness (QED) is 0.407. The molecule has 0 bridgehead atoms. The fourth-order valence-electron chi connectivity index (χ4n) is 4.40. The molecule has 3 aromatic carbocycles. The summed E-state index contributed by atoms with van der Waals surface area (Å²) < 4.78 is 2.30. The molecule has 0 fully saturated rings. The van der Waals surface area contributed by atoms with E-state index >= 15 is 0 Å². The first-order valence-electron chi connectivity index (χ1n) is 9.19. The van der Waals surface area contributed by atoms with Gasteiger partial charge in [-0.15, -0.1) is 0 Å². The predicted octanol–water partition coefficient (Wildman–Crippen LogP) is 6.10. The molecule has 2 heterocycles. The highest BCUT2D eigenvalue weighted by molar-refractivity contribution is 6.09. The highest BCUT2D eigenvalue weighted by atomic mass is 15.2. The predicted molar refractivity (Wildman–Crippen MR) is 111 cm³/mol. The average molecular weight is 338 g/mol. The third-order valence-corrected chi connectivity index (χ3v) is 5.63. The van der Waals surface area contributed by atoms with Gasteiger partial charge in [-0.25, -0.2) is 0 Å². The van der Waals surface area contributed by atoms with Crippen molar-refractivity contribution in [3.63, 3.8) is 0 Å². The van der Waals surface area contributed by atoms with Gasteiger partial charge in [0.1, 0.15) is 0 Å². The lowest BCUT2D eigenvalue weighted by atomic mass is 10.0. The molecule has 2 nitrogen and oxygen atoms in total. The molecule has 128 valence electrons. The van der Waals surface area contributed by atoms with Crippen LogP contribution in [0.5, 0.6) is 0 Å². The zero-order chi connectivity index (χ0) is 17.8. The van der Waals surface area contributed by atoms with Gasteiger partial charge >= 0.3 is 0 Å². The van der Waals surface area contributed by atoms with Crippen LogP contribution in [0.25, 0.3) is 21.8 Å². The van der Waals surface area contributed by atoms with Crippen LogP contribution in [-0.2, 0) is 19.9 Å². The minimum absolute atomic E-state index is 1.05. The Balaban J connectivity index is 1.86. The van der Waals surface area contributed by atoms with Gasteiger partial charge < -0.3 is 9.47 Å². The number of aromatic nitrogens is 1. The molecule has 1 aliphatic rings. The molecular weight excluding hydrogens is 316 g/mol. The van der Waals surface area contributed by atoms with E-state index in [2.05, 4.69) is 90.7 Å². The first-order valence-corrected chi connectivity index (χ1v) is 9.19.